The van der Waals surface area contributed by atoms with Crippen LogP contribution in [0.25, 0.3) is 0 Å². The number of amides is 1. The summed E-state index contributed by atoms with van der Waals surface area (Å²) < 4.78 is 0. The molecule has 2 aromatic carbocycles. The summed E-state index contributed by atoms with van der Waals surface area (Å²) >= 11 is 6.17. The van der Waals surface area contributed by atoms with E-state index in [1.807, 2.05) is 42.7 Å². The minimum Gasteiger partial charge on any atom is -0.508 e. The van der Waals surface area contributed by atoms with Crippen LogP contribution >= 0.6 is 11.6 Å². The number of rotatable bonds is 9. The van der Waals surface area contributed by atoms with Crippen molar-refractivity contribution in [3.05, 3.63) is 64.7 Å². The van der Waals surface area contributed by atoms with Gasteiger partial charge in [0.1, 0.15) is 5.75 Å². The molecule has 35 heavy (non-hydrogen) atoms. The third kappa shape index (κ3) is 5.47. The molecule has 2 heterocycles. The maximum absolute atomic E-state index is 14.0. The predicted molar refractivity (Wildman–Crippen MR) is 139 cm³/mol. The van der Waals surface area contributed by atoms with Crippen molar-refractivity contribution in [3.8, 4) is 5.75 Å². The highest BCUT2D eigenvalue weighted by Gasteiger charge is 2.53. The number of aromatic hydroxyl groups is 1. The summed E-state index contributed by atoms with van der Waals surface area (Å²) in [5.41, 5.74) is 0.625. The van der Waals surface area contributed by atoms with Crippen LogP contribution in [0.5, 0.6) is 5.75 Å². The Morgan fingerprint density at radius 3 is 2.66 bits per heavy atom. The zero-order valence-electron chi connectivity index (χ0n) is 20.0. The van der Waals surface area contributed by atoms with Gasteiger partial charge in [0, 0.05) is 62.8 Å². The second-order valence-corrected chi connectivity index (χ2v) is 10.4. The molecule has 8 heteroatoms. The lowest BCUT2D eigenvalue weighted by Gasteiger charge is -2.37. The molecule has 7 nitrogen and oxygen atoms in total. The van der Waals surface area contributed by atoms with E-state index in [9.17, 15) is 9.90 Å². The largest absolute Gasteiger partial charge is 0.508 e. The molecule has 1 amide bonds. The molecular weight excluding hydrogens is 462 g/mol. The first kappa shape index (κ1) is 24.1. The van der Waals surface area contributed by atoms with Crippen LogP contribution in [-0.4, -0.2) is 78.5 Å². The topological polar surface area (TPSA) is 80.2 Å². The molecule has 0 radical (unpaired) electrons. The molecule has 1 saturated heterocycles. The van der Waals surface area contributed by atoms with Crippen molar-refractivity contribution in [3.63, 3.8) is 0 Å². The van der Waals surface area contributed by atoms with E-state index in [-0.39, 0.29) is 11.7 Å². The number of hydrogen-bond acceptors (Lipinski definition) is 6. The van der Waals surface area contributed by atoms with Gasteiger partial charge in [0.2, 0.25) is 0 Å². The van der Waals surface area contributed by atoms with E-state index < -0.39 is 11.6 Å². The lowest BCUT2D eigenvalue weighted by molar-refractivity contribution is -0.127. The average molecular weight is 496 g/mol. The second-order valence-electron chi connectivity index (χ2n) is 9.92. The zero-order chi connectivity index (χ0) is 24.3. The molecule has 2 fully saturated rings. The molecule has 0 spiro atoms. The maximum Gasteiger partial charge on any atom is 0.250 e. The van der Waals surface area contributed by atoms with Gasteiger partial charge in [-0.2, -0.15) is 0 Å². The summed E-state index contributed by atoms with van der Waals surface area (Å²) in [6, 6.07) is 14.8. The summed E-state index contributed by atoms with van der Waals surface area (Å²) in [6.45, 7) is 6.11. The normalized spacial score (nSPS) is 24.6. The van der Waals surface area contributed by atoms with Crippen LogP contribution in [0.15, 0.2) is 53.5 Å². The van der Waals surface area contributed by atoms with Crippen LogP contribution in [0.2, 0.25) is 5.02 Å². The molecule has 0 aromatic heterocycles. The standard InChI is InChI=1S/C27H34ClN5O2/c28-22-8-9-23(24(34)16-22)25-27(17-20-4-2-1-3-5-20,31-19-33(25)18-21-6-7-21)26(35)30-12-15-32-13-10-29-11-14-32/h1-5,8-9,16,19,21,25,29,34H,6-7,10-15,17-18H2,(H,30,35)/t25-,27+/m0/s1. The monoisotopic (exact) mass is 495 g/mol. The zero-order valence-corrected chi connectivity index (χ0v) is 20.8. The molecule has 2 atom stereocenters. The Balaban J connectivity index is 1.46. The Labute approximate surface area is 212 Å². The Morgan fingerprint density at radius 1 is 1.17 bits per heavy atom. The van der Waals surface area contributed by atoms with Gasteiger partial charge in [-0.25, -0.2) is 0 Å². The van der Waals surface area contributed by atoms with E-state index in [0.717, 1.165) is 44.8 Å². The van der Waals surface area contributed by atoms with Gasteiger partial charge in [0.15, 0.2) is 5.54 Å². The smallest absolute Gasteiger partial charge is 0.250 e. The van der Waals surface area contributed by atoms with E-state index in [0.29, 0.717) is 29.5 Å². The third-order valence-corrected chi connectivity index (χ3v) is 7.54. The van der Waals surface area contributed by atoms with Gasteiger partial charge >= 0.3 is 0 Å². The summed E-state index contributed by atoms with van der Waals surface area (Å²) in [5.74, 6) is 0.590. The van der Waals surface area contributed by atoms with E-state index in [1.165, 1.54) is 12.8 Å². The van der Waals surface area contributed by atoms with Gasteiger partial charge in [0.25, 0.3) is 5.91 Å². The number of nitrogens with zero attached hydrogens (tertiary/aromatic N) is 3. The van der Waals surface area contributed by atoms with Crippen LogP contribution in [0.3, 0.4) is 0 Å². The fraction of sp³-hybridized carbons (Fsp3) is 0.481. The van der Waals surface area contributed by atoms with Crippen LogP contribution in [0.4, 0.5) is 0 Å². The van der Waals surface area contributed by atoms with Crippen LogP contribution < -0.4 is 10.6 Å². The molecule has 186 valence electrons. The van der Waals surface area contributed by atoms with Crippen LogP contribution in [0.1, 0.15) is 30.0 Å². The van der Waals surface area contributed by atoms with E-state index in [2.05, 4.69) is 20.4 Å². The molecule has 3 N–H and O–H groups in total. The summed E-state index contributed by atoms with van der Waals surface area (Å²) in [4.78, 5) is 23.5. The molecule has 2 aromatic rings. The Bertz CT molecular complexity index is 1050. The number of phenolic OH excluding ortho intramolecular Hbond substituents is 1. The molecule has 2 aliphatic heterocycles. The lowest BCUT2D eigenvalue weighted by atomic mass is 9.79. The molecule has 0 bridgehead atoms. The summed E-state index contributed by atoms with van der Waals surface area (Å²) in [6.07, 6.45) is 4.64. The fourth-order valence-corrected chi connectivity index (χ4v) is 5.42. The van der Waals surface area contributed by atoms with Gasteiger partial charge in [-0.3, -0.25) is 14.7 Å². The number of carbonyl (C=O) groups is 1. The number of nitrogens with one attached hydrogen (secondary N) is 2. The van der Waals surface area contributed by atoms with Crippen molar-refractivity contribution in [2.24, 2.45) is 10.9 Å². The number of piperazine rings is 1. The van der Waals surface area contributed by atoms with Gasteiger partial charge in [0.05, 0.1) is 12.4 Å². The third-order valence-electron chi connectivity index (χ3n) is 7.31. The number of aliphatic imine (C=N–C) groups is 1. The van der Waals surface area contributed by atoms with Crippen LogP contribution in [0, 0.1) is 5.92 Å². The molecule has 3 aliphatic rings. The van der Waals surface area contributed by atoms with E-state index in [4.69, 9.17) is 16.6 Å². The lowest BCUT2D eigenvalue weighted by Crippen LogP contribution is -2.54. The van der Waals surface area contributed by atoms with Crippen molar-refractivity contribution in [2.45, 2.75) is 30.8 Å². The highest BCUT2D eigenvalue weighted by atomic mass is 35.5. The van der Waals surface area contributed by atoms with Gasteiger partial charge in [-0.05, 0) is 36.5 Å². The summed E-state index contributed by atoms with van der Waals surface area (Å²) in [7, 11) is 0. The fourth-order valence-electron chi connectivity index (χ4n) is 5.25. The molecular formula is C27H34ClN5O2. The Kier molecular flexibility index (Phi) is 7.27. The SMILES string of the molecule is O=C(NCCN1CCNCC1)[C@]1(Cc2ccccc2)N=CN(CC2CC2)[C@H]1c1ccc(Cl)cc1O. The molecule has 5 rings (SSSR count). The van der Waals surface area contributed by atoms with Crippen molar-refractivity contribution in [1.29, 1.82) is 0 Å². The predicted octanol–water partition coefficient (Wildman–Crippen LogP) is 2.84. The van der Waals surface area contributed by atoms with Gasteiger partial charge < -0.3 is 20.6 Å². The number of phenols is 1. The first-order valence-electron chi connectivity index (χ1n) is 12.6. The number of hydrogen-bond donors (Lipinski definition) is 3. The second kappa shape index (κ2) is 10.6. The molecule has 1 saturated carbocycles. The van der Waals surface area contributed by atoms with Crippen molar-refractivity contribution < 1.29 is 9.90 Å². The van der Waals surface area contributed by atoms with Gasteiger partial charge in [-0.15, -0.1) is 0 Å². The van der Waals surface area contributed by atoms with E-state index >= 15 is 0 Å². The molecule has 1 aliphatic carbocycles. The van der Waals surface area contributed by atoms with E-state index in [1.54, 1.807) is 12.1 Å². The van der Waals surface area contributed by atoms with Gasteiger partial charge in [-0.1, -0.05) is 48.0 Å². The minimum absolute atomic E-state index is 0.0971. The number of carbonyl (C=O) groups excluding carboxylic acids is 1. The number of benzene rings is 2. The molecule has 0 unspecified atom stereocenters. The Hall–Kier alpha value is -2.61. The summed E-state index contributed by atoms with van der Waals surface area (Å²) in [5, 5.41) is 18.0. The minimum atomic E-state index is -1.09. The highest BCUT2D eigenvalue weighted by Crippen LogP contribution is 2.46. The first-order valence-corrected chi connectivity index (χ1v) is 13.0. The van der Waals surface area contributed by atoms with Crippen molar-refractivity contribution in [1.82, 2.24) is 20.4 Å². The Morgan fingerprint density at radius 2 is 1.94 bits per heavy atom. The maximum atomic E-state index is 14.0. The van der Waals surface area contributed by atoms with Crippen LogP contribution in [-0.2, 0) is 11.2 Å². The quantitative estimate of drug-likeness (QED) is 0.498. The average Bonchev–Trinajstić information content (AvgIpc) is 3.62. The number of halogens is 1. The first-order chi connectivity index (χ1) is 17.0. The van der Waals surface area contributed by atoms with Crippen molar-refractivity contribution >= 4 is 23.8 Å². The van der Waals surface area contributed by atoms with Crippen molar-refractivity contribution in [2.75, 3.05) is 45.8 Å². The highest BCUT2D eigenvalue weighted by molar-refractivity contribution is 6.30.